The number of carbonyl (C=O) groups is 4. The molecule has 2 aromatic rings. The largest absolute Gasteiger partial charge is 0.480 e. The van der Waals surface area contributed by atoms with Gasteiger partial charge in [0.15, 0.2) is 5.96 Å². The van der Waals surface area contributed by atoms with Gasteiger partial charge in [-0.2, -0.15) is 4.31 Å². The van der Waals surface area contributed by atoms with Crippen LogP contribution in [-0.2, 0) is 40.4 Å². The third kappa shape index (κ3) is 8.07. The normalized spacial score (nSPS) is 16.2. The van der Waals surface area contributed by atoms with Gasteiger partial charge in [-0.15, -0.1) is 0 Å². The van der Waals surface area contributed by atoms with Crippen LogP contribution in [0.2, 0.25) is 0 Å². The molecule has 0 spiro atoms. The lowest BCUT2D eigenvalue weighted by Crippen LogP contribution is -2.52. The third-order valence-electron chi connectivity index (χ3n) is 5.64. The number of nitrogens with one attached hydrogen (secondary N) is 4. The van der Waals surface area contributed by atoms with E-state index in [0.717, 1.165) is 4.31 Å². The van der Waals surface area contributed by atoms with Gasteiger partial charge in [0.25, 0.3) is 0 Å². The summed E-state index contributed by atoms with van der Waals surface area (Å²) in [7, 11) is -4.05. The molecule has 14 nitrogen and oxygen atoms in total. The van der Waals surface area contributed by atoms with Crippen molar-refractivity contribution in [3.63, 3.8) is 0 Å². The number of rotatable bonds is 11. The molecule has 15 heteroatoms. The van der Waals surface area contributed by atoms with Gasteiger partial charge in [0.05, 0.1) is 11.5 Å². The number of carboxylic acid groups (broad SMARTS) is 1. The van der Waals surface area contributed by atoms with Crippen molar-refractivity contribution in [1.29, 1.82) is 5.41 Å². The second-order valence-corrected chi connectivity index (χ2v) is 10.4. The van der Waals surface area contributed by atoms with Crippen molar-refractivity contribution in [3.8, 4) is 0 Å². The number of carbonyl (C=O) groups excluding carboxylic acids is 3. The molecule has 2 atom stereocenters. The lowest BCUT2D eigenvalue weighted by atomic mass is 10.0. The Bertz CT molecular complexity index is 1330. The van der Waals surface area contributed by atoms with Gasteiger partial charge in [-0.05, 0) is 29.8 Å². The minimum Gasteiger partial charge on any atom is -0.480 e. The van der Waals surface area contributed by atoms with E-state index in [1.807, 2.05) is 0 Å². The van der Waals surface area contributed by atoms with E-state index < -0.39 is 51.8 Å². The first-order chi connectivity index (χ1) is 18.5. The van der Waals surface area contributed by atoms with Crippen molar-refractivity contribution < 1.29 is 37.4 Å². The molecular weight excluding hydrogens is 532 g/mol. The monoisotopic (exact) mass is 560 g/mol. The number of nitrogens with two attached hydrogens (primary N) is 1. The Morgan fingerprint density at radius 2 is 1.69 bits per heavy atom. The van der Waals surface area contributed by atoms with Crippen LogP contribution in [0.5, 0.6) is 0 Å². The van der Waals surface area contributed by atoms with Crippen molar-refractivity contribution >= 4 is 45.4 Å². The molecule has 0 aliphatic carbocycles. The van der Waals surface area contributed by atoms with Gasteiger partial charge in [-0.1, -0.05) is 30.3 Å². The van der Waals surface area contributed by atoms with Gasteiger partial charge in [0.1, 0.15) is 18.8 Å². The second kappa shape index (κ2) is 12.9. The molecule has 1 fully saturated rings. The summed E-state index contributed by atoms with van der Waals surface area (Å²) in [5, 5.41) is 23.7. The molecule has 0 saturated carbocycles. The number of benzene rings is 2. The Labute approximate surface area is 224 Å². The van der Waals surface area contributed by atoms with Crippen LogP contribution in [0.4, 0.5) is 5.69 Å². The second-order valence-electron chi connectivity index (χ2n) is 8.53. The fourth-order valence-corrected chi connectivity index (χ4v) is 5.17. The summed E-state index contributed by atoms with van der Waals surface area (Å²) in [6.07, 6.45) is -0.422. The van der Waals surface area contributed by atoms with E-state index in [9.17, 15) is 32.7 Å². The highest BCUT2D eigenvalue weighted by Crippen LogP contribution is 2.22. The number of guanidine groups is 1. The number of hydrogen-bond donors (Lipinski definition) is 6. The van der Waals surface area contributed by atoms with Crippen LogP contribution in [0.15, 0.2) is 59.5 Å². The highest BCUT2D eigenvalue weighted by molar-refractivity contribution is 7.89. The molecule has 1 aliphatic rings. The number of amides is 3. The van der Waals surface area contributed by atoms with E-state index >= 15 is 0 Å². The Morgan fingerprint density at radius 3 is 2.31 bits per heavy atom. The highest BCUT2D eigenvalue weighted by atomic mass is 32.2. The molecule has 7 N–H and O–H groups in total. The van der Waals surface area contributed by atoms with Crippen molar-refractivity contribution in [2.45, 2.75) is 36.2 Å². The number of sulfonamides is 1. The Kier molecular flexibility index (Phi) is 9.70. The summed E-state index contributed by atoms with van der Waals surface area (Å²) in [6, 6.07) is 11.1. The topological polar surface area (TPSA) is 221 Å². The van der Waals surface area contributed by atoms with Crippen molar-refractivity contribution in [1.82, 2.24) is 14.9 Å². The maximum atomic E-state index is 13.0. The predicted octanol–water partition coefficient (Wildman–Crippen LogP) is -0.426. The molecule has 3 rings (SSSR count). The smallest absolute Gasteiger partial charge is 0.326 e. The zero-order chi connectivity index (χ0) is 28.6. The summed E-state index contributed by atoms with van der Waals surface area (Å²) >= 11 is 0. The summed E-state index contributed by atoms with van der Waals surface area (Å²) in [5.41, 5.74) is 5.98. The number of anilines is 1. The van der Waals surface area contributed by atoms with Crippen LogP contribution < -0.4 is 21.7 Å². The average molecular weight is 561 g/mol. The summed E-state index contributed by atoms with van der Waals surface area (Å²) < 4.78 is 32.0. The van der Waals surface area contributed by atoms with Gasteiger partial charge >= 0.3 is 5.97 Å². The SMILES string of the molecule is N=C(N)NC(=O)CCC(=O)Nc1ccc(C[C@H](NC(=O)[C@@H]2COCN2S(=O)(=O)c2ccccc2)C(=O)O)cc1. The summed E-state index contributed by atoms with van der Waals surface area (Å²) in [5.74, 6) is -3.67. The molecule has 2 aromatic carbocycles. The van der Waals surface area contributed by atoms with E-state index in [-0.39, 0.29) is 37.5 Å². The number of aliphatic carboxylic acids is 1. The molecule has 208 valence electrons. The predicted molar refractivity (Wildman–Crippen MR) is 138 cm³/mol. The number of hydrogen-bond acceptors (Lipinski definition) is 8. The van der Waals surface area contributed by atoms with E-state index in [4.69, 9.17) is 15.9 Å². The lowest BCUT2D eigenvalue weighted by molar-refractivity contribution is -0.142. The molecule has 39 heavy (non-hydrogen) atoms. The summed E-state index contributed by atoms with van der Waals surface area (Å²) in [4.78, 5) is 48.3. The highest BCUT2D eigenvalue weighted by Gasteiger charge is 2.41. The van der Waals surface area contributed by atoms with E-state index in [1.165, 1.54) is 24.3 Å². The third-order valence-corrected chi connectivity index (χ3v) is 7.48. The molecule has 3 amide bonds. The average Bonchev–Trinajstić information content (AvgIpc) is 3.39. The Hall–Kier alpha value is -4.34. The molecule has 0 radical (unpaired) electrons. The quantitative estimate of drug-likeness (QED) is 0.155. The van der Waals surface area contributed by atoms with Crippen molar-refractivity contribution in [2.75, 3.05) is 18.7 Å². The van der Waals surface area contributed by atoms with Crippen molar-refractivity contribution in [3.05, 3.63) is 60.2 Å². The van der Waals surface area contributed by atoms with Crippen LogP contribution in [0.25, 0.3) is 0 Å². The maximum Gasteiger partial charge on any atom is 0.326 e. The molecule has 1 heterocycles. The zero-order valence-corrected chi connectivity index (χ0v) is 21.4. The number of nitrogens with zero attached hydrogens (tertiary/aromatic N) is 1. The van der Waals surface area contributed by atoms with E-state index in [2.05, 4.69) is 16.0 Å². The number of carboxylic acids is 1. The molecule has 0 aromatic heterocycles. The molecule has 0 unspecified atom stereocenters. The Morgan fingerprint density at radius 1 is 1.05 bits per heavy atom. The van der Waals surface area contributed by atoms with Gasteiger partial charge < -0.3 is 26.2 Å². The van der Waals surface area contributed by atoms with Crippen molar-refractivity contribution in [2.24, 2.45) is 5.73 Å². The molecule has 0 bridgehead atoms. The van der Waals surface area contributed by atoms with Crippen LogP contribution in [0, 0.1) is 5.41 Å². The molecule has 1 saturated heterocycles. The van der Waals surface area contributed by atoms with Crippen LogP contribution >= 0.6 is 0 Å². The minimum atomic E-state index is -4.05. The maximum absolute atomic E-state index is 13.0. The van der Waals surface area contributed by atoms with Gasteiger partial charge in [-0.3, -0.25) is 25.1 Å². The van der Waals surface area contributed by atoms with Crippen LogP contribution in [0.3, 0.4) is 0 Å². The van der Waals surface area contributed by atoms with Gasteiger partial charge in [-0.25, -0.2) is 13.2 Å². The number of ether oxygens (including phenoxy) is 1. The minimum absolute atomic E-state index is 0.0189. The first-order valence-electron chi connectivity index (χ1n) is 11.7. The fraction of sp³-hybridized carbons (Fsp3) is 0.292. The first-order valence-corrected chi connectivity index (χ1v) is 13.1. The zero-order valence-electron chi connectivity index (χ0n) is 20.6. The molecule has 1 aliphatic heterocycles. The standard InChI is InChI=1S/C24H28N6O8S/c25-24(26)29-21(32)11-10-20(31)27-16-8-6-15(7-9-16)12-18(23(34)35)28-22(33)19-13-38-14-30(19)39(36,37)17-4-2-1-3-5-17/h1-9,18-19H,10-14H2,(H,27,31)(H,28,33)(H,34,35)(H4,25,26,29,32)/t18-,19-/m0/s1. The van der Waals surface area contributed by atoms with Gasteiger partial charge in [0, 0.05) is 24.9 Å². The fourth-order valence-electron chi connectivity index (χ4n) is 3.69. The van der Waals surface area contributed by atoms with E-state index in [0.29, 0.717) is 11.3 Å². The molecular formula is C24H28N6O8S. The van der Waals surface area contributed by atoms with Crippen LogP contribution in [-0.4, -0.2) is 72.9 Å². The van der Waals surface area contributed by atoms with Gasteiger partial charge in [0.2, 0.25) is 27.7 Å². The van der Waals surface area contributed by atoms with E-state index in [1.54, 1.807) is 30.3 Å². The first kappa shape index (κ1) is 29.2. The lowest BCUT2D eigenvalue weighted by Gasteiger charge is -2.23. The Balaban J connectivity index is 1.59. The van der Waals surface area contributed by atoms with Crippen LogP contribution in [0.1, 0.15) is 18.4 Å². The summed E-state index contributed by atoms with van der Waals surface area (Å²) in [6.45, 7) is -0.573.